The van der Waals surface area contributed by atoms with Gasteiger partial charge in [-0.1, -0.05) is 71.8 Å². The summed E-state index contributed by atoms with van der Waals surface area (Å²) in [6.45, 7) is 3.52. The third kappa shape index (κ3) is 4.02. The lowest BCUT2D eigenvalue weighted by Gasteiger charge is -2.55. The van der Waals surface area contributed by atoms with Crippen LogP contribution in [0.25, 0.3) is 0 Å². The van der Waals surface area contributed by atoms with Gasteiger partial charge in [-0.3, -0.25) is 4.90 Å². The molecule has 206 valence electrons. The van der Waals surface area contributed by atoms with Crippen molar-refractivity contribution in [1.29, 1.82) is 0 Å². The first-order chi connectivity index (χ1) is 19.2. The van der Waals surface area contributed by atoms with Crippen molar-refractivity contribution in [1.82, 2.24) is 4.90 Å². The van der Waals surface area contributed by atoms with Gasteiger partial charge < -0.3 is 5.11 Å². The molecule has 0 fully saturated rings. The number of aliphatic hydroxyl groups excluding tert-OH is 1. The molecule has 2 bridgehead atoms. The summed E-state index contributed by atoms with van der Waals surface area (Å²) in [5.74, 6) is 0. The van der Waals surface area contributed by atoms with Crippen molar-refractivity contribution >= 4 is 31.4 Å². The van der Waals surface area contributed by atoms with Crippen molar-refractivity contribution in [3.8, 4) is 0 Å². The summed E-state index contributed by atoms with van der Waals surface area (Å²) in [7, 11) is -8.21. The predicted molar refractivity (Wildman–Crippen MR) is 154 cm³/mol. The number of sulfonamides is 2. The second-order valence-electron chi connectivity index (χ2n) is 10.1. The van der Waals surface area contributed by atoms with Crippen LogP contribution >= 0.6 is 0 Å². The third-order valence-electron chi connectivity index (χ3n) is 7.49. The minimum atomic E-state index is -4.10. The Balaban J connectivity index is 1.65. The van der Waals surface area contributed by atoms with E-state index in [-0.39, 0.29) is 22.9 Å². The molecule has 2 atom stereocenters. The summed E-state index contributed by atoms with van der Waals surface area (Å²) in [6.07, 6.45) is -1.78. The number of rotatable bonds is 6. The number of aliphatic hydroxyl groups is 1. The average Bonchev–Trinajstić information content (AvgIpc) is 2.94. The van der Waals surface area contributed by atoms with Crippen LogP contribution in [0, 0.1) is 13.8 Å². The van der Waals surface area contributed by atoms with Gasteiger partial charge in [0.15, 0.2) is 0 Å². The van der Waals surface area contributed by atoms with Crippen LogP contribution < -0.4 is 8.61 Å². The molecule has 6 rings (SSSR count). The van der Waals surface area contributed by atoms with Crippen LogP contribution in [0.4, 0.5) is 11.4 Å². The molecule has 0 spiro atoms. The molecule has 8 nitrogen and oxygen atoms in total. The second kappa shape index (κ2) is 9.74. The Bertz CT molecular complexity index is 1660. The highest BCUT2D eigenvalue weighted by Gasteiger charge is 2.54. The second-order valence-corrected chi connectivity index (χ2v) is 13.7. The van der Waals surface area contributed by atoms with E-state index in [0.29, 0.717) is 22.5 Å². The summed E-state index contributed by atoms with van der Waals surface area (Å²) in [5.41, 5.74) is 3.66. The van der Waals surface area contributed by atoms with E-state index < -0.39 is 32.4 Å². The fourth-order valence-corrected chi connectivity index (χ4v) is 8.88. The molecule has 0 radical (unpaired) electrons. The molecule has 0 unspecified atom stereocenters. The molecule has 0 aliphatic carbocycles. The minimum absolute atomic E-state index is 0.0395. The Morgan fingerprint density at radius 2 is 0.975 bits per heavy atom. The number of fused-ring (bicyclic) bond motifs is 6. The van der Waals surface area contributed by atoms with Crippen LogP contribution in [0.3, 0.4) is 0 Å². The van der Waals surface area contributed by atoms with Crippen LogP contribution in [0.2, 0.25) is 0 Å². The summed E-state index contributed by atoms with van der Waals surface area (Å²) >= 11 is 0. The molecule has 10 heteroatoms. The smallest absolute Gasteiger partial charge is 0.265 e. The molecule has 2 aliphatic heterocycles. The Morgan fingerprint density at radius 1 is 0.600 bits per heavy atom. The summed E-state index contributed by atoms with van der Waals surface area (Å²) in [4.78, 5) is 2.01. The lowest BCUT2D eigenvalue weighted by Crippen LogP contribution is -2.59. The van der Waals surface area contributed by atoms with Gasteiger partial charge in [-0.05, 0) is 50.2 Å². The number of anilines is 2. The topological polar surface area (TPSA) is 98.2 Å². The molecule has 2 heterocycles. The van der Waals surface area contributed by atoms with Gasteiger partial charge in [-0.2, -0.15) is 0 Å². The fourth-order valence-electron chi connectivity index (χ4n) is 5.62. The highest BCUT2D eigenvalue weighted by Crippen LogP contribution is 2.56. The normalized spacial score (nSPS) is 18.8. The van der Waals surface area contributed by atoms with E-state index in [9.17, 15) is 21.9 Å². The van der Waals surface area contributed by atoms with Crippen molar-refractivity contribution in [2.24, 2.45) is 0 Å². The van der Waals surface area contributed by atoms with Crippen LogP contribution in [-0.4, -0.2) is 40.0 Å². The standard InChI is InChI=1S/C30H29N3O5S2/c1-21-11-15-23(16-12-21)39(35,36)32-27-9-5-3-7-25(27)30-31(19-20-34)29(32)26-8-4-6-10-28(26)33(30)40(37,38)24-17-13-22(2)14-18-24/h3-18,29-30,34H,19-20H2,1-2H3/t29-,30+. The molecule has 0 saturated heterocycles. The zero-order chi connectivity index (χ0) is 28.2. The highest BCUT2D eigenvalue weighted by atomic mass is 32.2. The van der Waals surface area contributed by atoms with E-state index in [4.69, 9.17) is 0 Å². The van der Waals surface area contributed by atoms with Crippen molar-refractivity contribution < 1.29 is 21.9 Å². The quantitative estimate of drug-likeness (QED) is 0.358. The summed E-state index contributed by atoms with van der Waals surface area (Å²) < 4.78 is 60.2. The van der Waals surface area contributed by atoms with E-state index in [1.807, 2.05) is 13.8 Å². The van der Waals surface area contributed by atoms with Crippen molar-refractivity contribution in [3.63, 3.8) is 0 Å². The Morgan fingerprint density at radius 3 is 1.35 bits per heavy atom. The minimum Gasteiger partial charge on any atom is -0.395 e. The Hall–Kier alpha value is -3.70. The predicted octanol–water partition coefficient (Wildman–Crippen LogP) is 4.71. The van der Waals surface area contributed by atoms with Gasteiger partial charge in [0.2, 0.25) is 0 Å². The number of nitrogens with zero attached hydrogens (tertiary/aromatic N) is 3. The maximum Gasteiger partial charge on any atom is 0.265 e. The number of benzene rings is 4. The zero-order valence-electron chi connectivity index (χ0n) is 22.0. The highest BCUT2D eigenvalue weighted by molar-refractivity contribution is 7.93. The van der Waals surface area contributed by atoms with Gasteiger partial charge in [0.05, 0.1) is 27.8 Å². The molecule has 0 saturated carbocycles. The number of para-hydroxylation sites is 2. The van der Waals surface area contributed by atoms with Gasteiger partial charge in [0.25, 0.3) is 20.0 Å². The van der Waals surface area contributed by atoms with Gasteiger partial charge in [0, 0.05) is 17.7 Å². The lowest BCUT2D eigenvalue weighted by atomic mass is 9.96. The van der Waals surface area contributed by atoms with E-state index in [1.165, 1.54) is 8.61 Å². The van der Waals surface area contributed by atoms with Gasteiger partial charge in [0.1, 0.15) is 12.3 Å². The number of hydrogen-bond acceptors (Lipinski definition) is 6. The monoisotopic (exact) mass is 575 g/mol. The largest absolute Gasteiger partial charge is 0.395 e. The van der Waals surface area contributed by atoms with Gasteiger partial charge >= 0.3 is 0 Å². The zero-order valence-corrected chi connectivity index (χ0v) is 23.7. The molecular weight excluding hydrogens is 546 g/mol. The first-order valence-electron chi connectivity index (χ1n) is 12.9. The molecule has 40 heavy (non-hydrogen) atoms. The van der Waals surface area contributed by atoms with Gasteiger partial charge in [-0.15, -0.1) is 0 Å². The van der Waals surface area contributed by atoms with Crippen LogP contribution in [0.15, 0.2) is 107 Å². The Labute approximate surface area is 234 Å². The van der Waals surface area contributed by atoms with Crippen LogP contribution in [0.1, 0.15) is 34.6 Å². The molecule has 1 N–H and O–H groups in total. The first-order valence-corrected chi connectivity index (χ1v) is 15.8. The third-order valence-corrected chi connectivity index (χ3v) is 11.1. The van der Waals surface area contributed by atoms with E-state index in [2.05, 4.69) is 0 Å². The maximum absolute atomic E-state index is 14.4. The average molecular weight is 576 g/mol. The van der Waals surface area contributed by atoms with Gasteiger partial charge in [-0.25, -0.2) is 25.4 Å². The fraction of sp³-hybridized carbons (Fsp3) is 0.200. The van der Waals surface area contributed by atoms with E-state index >= 15 is 0 Å². The SMILES string of the molecule is Cc1ccc(S(=O)(=O)N2c3ccccc3[C@H]3N(CCO)[C@H]2c2ccccc2N3S(=O)(=O)c2ccc(C)cc2)cc1. The van der Waals surface area contributed by atoms with Crippen LogP contribution in [0.5, 0.6) is 0 Å². The van der Waals surface area contributed by atoms with E-state index in [1.54, 1.807) is 102 Å². The van der Waals surface area contributed by atoms with E-state index in [0.717, 1.165) is 11.1 Å². The van der Waals surface area contributed by atoms with Crippen molar-refractivity contribution in [2.75, 3.05) is 21.8 Å². The lowest BCUT2D eigenvalue weighted by molar-refractivity contribution is 0.0949. The van der Waals surface area contributed by atoms with Crippen molar-refractivity contribution in [2.45, 2.75) is 36.0 Å². The summed E-state index contributed by atoms with van der Waals surface area (Å²) in [6, 6.07) is 27.3. The summed E-state index contributed by atoms with van der Waals surface area (Å²) in [5, 5.41) is 10.2. The number of aryl methyl sites for hydroxylation is 2. The number of hydrogen-bond donors (Lipinski definition) is 1. The first kappa shape index (κ1) is 26.5. The Kier molecular flexibility index (Phi) is 6.46. The molecule has 4 aromatic carbocycles. The van der Waals surface area contributed by atoms with Crippen LogP contribution in [-0.2, 0) is 20.0 Å². The molecule has 0 amide bonds. The molecule has 2 aliphatic rings. The molecule has 4 aromatic rings. The maximum atomic E-state index is 14.4. The van der Waals surface area contributed by atoms with Crippen molar-refractivity contribution in [3.05, 3.63) is 119 Å². The molecular formula is C30H29N3O5S2. The molecule has 0 aromatic heterocycles.